The molecule has 0 aliphatic rings. The van der Waals surface area contributed by atoms with Gasteiger partial charge in [0.2, 0.25) is 0 Å². The van der Waals surface area contributed by atoms with Gasteiger partial charge < -0.3 is 15.1 Å². The summed E-state index contributed by atoms with van der Waals surface area (Å²) in [6.45, 7) is 4.23. The first kappa shape index (κ1) is 22.0. The molecule has 1 rings (SSSR count). The van der Waals surface area contributed by atoms with Crippen LogP contribution in [0.4, 0.5) is 5.69 Å². The van der Waals surface area contributed by atoms with Gasteiger partial charge in [-0.1, -0.05) is 25.5 Å². The average Bonchev–Trinajstić information content (AvgIpc) is 2.53. The fourth-order valence-corrected chi connectivity index (χ4v) is 2.34. The van der Waals surface area contributed by atoms with Crippen molar-refractivity contribution in [1.82, 2.24) is 10.2 Å². The molecule has 5 heteroatoms. The molecule has 0 aliphatic carbocycles. The van der Waals surface area contributed by atoms with Crippen molar-refractivity contribution in [3.05, 3.63) is 29.8 Å². The molecule has 0 radical (unpaired) electrons. The summed E-state index contributed by atoms with van der Waals surface area (Å²) in [5, 5.41) is 3.45. The molecular formula is C18H33IN4. The molecule has 0 fully saturated rings. The van der Waals surface area contributed by atoms with E-state index in [9.17, 15) is 0 Å². The van der Waals surface area contributed by atoms with Gasteiger partial charge in [-0.3, -0.25) is 4.99 Å². The predicted octanol–water partition coefficient (Wildman–Crippen LogP) is 3.61. The van der Waals surface area contributed by atoms with Crippen molar-refractivity contribution in [2.45, 2.75) is 32.6 Å². The normalized spacial score (nSPS) is 10.9. The number of nitrogens with zero attached hydrogens (tertiary/aromatic N) is 3. The number of benzene rings is 1. The van der Waals surface area contributed by atoms with Crippen LogP contribution in [0.15, 0.2) is 29.3 Å². The monoisotopic (exact) mass is 432 g/mol. The van der Waals surface area contributed by atoms with E-state index in [-0.39, 0.29) is 24.0 Å². The Bertz CT molecular complexity index is 443. The molecule has 132 valence electrons. The first-order valence-electron chi connectivity index (χ1n) is 8.26. The summed E-state index contributed by atoms with van der Waals surface area (Å²) in [5.41, 5.74) is 2.64. The zero-order valence-corrected chi connectivity index (χ0v) is 17.6. The lowest BCUT2D eigenvalue weighted by molar-refractivity contribution is 0.464. The molecule has 1 aromatic rings. The van der Waals surface area contributed by atoms with Gasteiger partial charge in [-0.2, -0.15) is 0 Å². The highest BCUT2D eigenvalue weighted by Gasteiger charge is 2.04. The van der Waals surface area contributed by atoms with Crippen molar-refractivity contribution in [3.63, 3.8) is 0 Å². The second-order valence-electron chi connectivity index (χ2n) is 5.91. The van der Waals surface area contributed by atoms with Gasteiger partial charge in [0, 0.05) is 47.0 Å². The van der Waals surface area contributed by atoms with Crippen molar-refractivity contribution in [3.8, 4) is 0 Å². The maximum Gasteiger partial charge on any atom is 0.193 e. The number of aryl methyl sites for hydroxylation is 1. The zero-order chi connectivity index (χ0) is 16.4. The standard InChI is InChI=1S/C18H32N4.HI/c1-6-7-15-22(5)18(19-2)20-14-8-9-16-10-12-17(13-11-16)21(3)4;/h10-13H,6-9,14-15H2,1-5H3,(H,19,20);1H. The van der Waals surface area contributed by atoms with Crippen molar-refractivity contribution >= 4 is 35.6 Å². The average molecular weight is 432 g/mol. The minimum Gasteiger partial charge on any atom is -0.378 e. The lowest BCUT2D eigenvalue weighted by atomic mass is 10.1. The van der Waals surface area contributed by atoms with E-state index in [1.165, 1.54) is 24.1 Å². The summed E-state index contributed by atoms with van der Waals surface area (Å²) < 4.78 is 0. The molecule has 0 unspecified atom stereocenters. The number of aliphatic imine (C=N–C) groups is 1. The van der Waals surface area contributed by atoms with Crippen LogP contribution in [0.2, 0.25) is 0 Å². The molecule has 0 amide bonds. The second-order valence-corrected chi connectivity index (χ2v) is 5.91. The Morgan fingerprint density at radius 3 is 2.26 bits per heavy atom. The third kappa shape index (κ3) is 8.44. The van der Waals surface area contributed by atoms with E-state index in [1.807, 2.05) is 7.05 Å². The Hall–Kier alpha value is -0.980. The van der Waals surface area contributed by atoms with Gasteiger partial charge in [-0.25, -0.2) is 0 Å². The zero-order valence-electron chi connectivity index (χ0n) is 15.3. The van der Waals surface area contributed by atoms with Crippen LogP contribution < -0.4 is 10.2 Å². The SMILES string of the molecule is CCCCN(C)C(=NC)NCCCc1ccc(N(C)C)cc1.I. The molecule has 0 saturated carbocycles. The molecule has 0 saturated heterocycles. The number of nitrogens with one attached hydrogen (secondary N) is 1. The predicted molar refractivity (Wildman–Crippen MR) is 113 cm³/mol. The van der Waals surface area contributed by atoms with E-state index in [0.717, 1.165) is 31.9 Å². The van der Waals surface area contributed by atoms with Crippen LogP contribution in [-0.2, 0) is 6.42 Å². The van der Waals surface area contributed by atoms with E-state index in [1.54, 1.807) is 0 Å². The molecule has 0 spiro atoms. The molecule has 0 aliphatic heterocycles. The molecule has 1 aromatic carbocycles. The third-order valence-electron chi connectivity index (χ3n) is 3.80. The van der Waals surface area contributed by atoms with Crippen LogP contribution in [0, 0.1) is 0 Å². The number of anilines is 1. The van der Waals surface area contributed by atoms with Gasteiger partial charge in [0.25, 0.3) is 0 Å². The van der Waals surface area contributed by atoms with Gasteiger partial charge in [0.05, 0.1) is 0 Å². The van der Waals surface area contributed by atoms with Crippen LogP contribution in [0.25, 0.3) is 0 Å². The number of halogens is 1. The van der Waals surface area contributed by atoms with E-state index < -0.39 is 0 Å². The summed E-state index contributed by atoms with van der Waals surface area (Å²) in [4.78, 5) is 8.67. The highest BCUT2D eigenvalue weighted by atomic mass is 127. The van der Waals surface area contributed by atoms with Crippen LogP contribution in [-0.4, -0.2) is 52.1 Å². The summed E-state index contributed by atoms with van der Waals surface area (Å²) in [5.74, 6) is 0.997. The molecule has 0 heterocycles. The molecule has 0 bridgehead atoms. The van der Waals surface area contributed by atoms with Gasteiger partial charge in [-0.05, 0) is 37.0 Å². The maximum atomic E-state index is 4.34. The van der Waals surface area contributed by atoms with Crippen LogP contribution in [0.5, 0.6) is 0 Å². The maximum absolute atomic E-state index is 4.34. The molecular weight excluding hydrogens is 399 g/mol. The Labute approximate surface area is 159 Å². The van der Waals surface area contributed by atoms with Gasteiger partial charge in [-0.15, -0.1) is 24.0 Å². The number of hydrogen-bond donors (Lipinski definition) is 1. The first-order valence-corrected chi connectivity index (χ1v) is 8.26. The number of rotatable bonds is 8. The molecule has 23 heavy (non-hydrogen) atoms. The Morgan fingerprint density at radius 1 is 1.09 bits per heavy atom. The molecule has 0 aromatic heterocycles. The summed E-state index contributed by atoms with van der Waals surface area (Å²) in [6, 6.07) is 8.80. The van der Waals surface area contributed by atoms with Gasteiger partial charge in [0.1, 0.15) is 0 Å². The Balaban J connectivity index is 0.00000484. The molecule has 0 atom stereocenters. The Morgan fingerprint density at radius 2 is 1.74 bits per heavy atom. The topological polar surface area (TPSA) is 30.9 Å². The fourth-order valence-electron chi connectivity index (χ4n) is 2.34. The number of hydrogen-bond acceptors (Lipinski definition) is 2. The van der Waals surface area contributed by atoms with Gasteiger partial charge in [0.15, 0.2) is 5.96 Å². The highest BCUT2D eigenvalue weighted by Crippen LogP contribution is 2.13. The minimum absolute atomic E-state index is 0. The van der Waals surface area contributed by atoms with Gasteiger partial charge >= 0.3 is 0 Å². The largest absolute Gasteiger partial charge is 0.378 e. The third-order valence-corrected chi connectivity index (χ3v) is 3.80. The second kappa shape index (κ2) is 12.4. The van der Waals surface area contributed by atoms with Crippen molar-refractivity contribution < 1.29 is 0 Å². The quantitative estimate of drug-likeness (QED) is 0.295. The number of guanidine groups is 1. The lowest BCUT2D eigenvalue weighted by Gasteiger charge is -2.21. The van der Waals surface area contributed by atoms with E-state index in [4.69, 9.17) is 0 Å². The summed E-state index contributed by atoms with van der Waals surface area (Å²) in [7, 11) is 8.09. The molecule has 1 N–H and O–H groups in total. The molecule has 4 nitrogen and oxygen atoms in total. The van der Waals surface area contributed by atoms with Crippen molar-refractivity contribution in [2.24, 2.45) is 4.99 Å². The van der Waals surface area contributed by atoms with Crippen LogP contribution in [0.1, 0.15) is 31.7 Å². The summed E-state index contributed by atoms with van der Waals surface area (Å²) in [6.07, 6.45) is 4.62. The lowest BCUT2D eigenvalue weighted by Crippen LogP contribution is -2.39. The summed E-state index contributed by atoms with van der Waals surface area (Å²) >= 11 is 0. The van der Waals surface area contributed by atoms with Crippen molar-refractivity contribution in [1.29, 1.82) is 0 Å². The smallest absolute Gasteiger partial charge is 0.193 e. The first-order chi connectivity index (χ1) is 10.6. The minimum atomic E-state index is 0. The van der Waals surface area contributed by atoms with E-state index >= 15 is 0 Å². The van der Waals surface area contributed by atoms with Crippen LogP contribution >= 0.6 is 24.0 Å². The van der Waals surface area contributed by atoms with E-state index in [0.29, 0.717) is 0 Å². The fraction of sp³-hybridized carbons (Fsp3) is 0.611. The number of unbranched alkanes of at least 4 members (excludes halogenated alkanes) is 1. The van der Waals surface area contributed by atoms with E-state index in [2.05, 4.69) is 72.4 Å². The Kier molecular flexibility index (Phi) is 11.9. The van der Waals surface area contributed by atoms with Crippen molar-refractivity contribution in [2.75, 3.05) is 46.2 Å². The highest BCUT2D eigenvalue weighted by molar-refractivity contribution is 14.0. The van der Waals surface area contributed by atoms with Crippen LogP contribution in [0.3, 0.4) is 0 Å².